The largest absolute Gasteiger partial charge is 0.487 e. The van der Waals surface area contributed by atoms with Crippen LogP contribution in [0.2, 0.25) is 5.02 Å². The first-order chi connectivity index (χ1) is 14.2. The Hall–Kier alpha value is -3.03. The molecule has 0 bridgehead atoms. The Bertz CT molecular complexity index is 778. The number of carbonyl (C=O) groups is 2. The van der Waals surface area contributed by atoms with E-state index in [1.807, 2.05) is 12.1 Å². The van der Waals surface area contributed by atoms with E-state index < -0.39 is 11.9 Å². The van der Waals surface area contributed by atoms with Crippen molar-refractivity contribution in [1.82, 2.24) is 0 Å². The fourth-order valence-electron chi connectivity index (χ4n) is 1.91. The van der Waals surface area contributed by atoms with Gasteiger partial charge in [-0.25, -0.2) is 9.59 Å². The van der Waals surface area contributed by atoms with E-state index in [2.05, 4.69) is 65.1 Å². The highest BCUT2D eigenvalue weighted by Crippen LogP contribution is 2.03. The summed E-state index contributed by atoms with van der Waals surface area (Å²) in [5.74, 6) is -2.61. The highest BCUT2D eigenvalue weighted by Gasteiger charge is 2.01. The van der Waals surface area contributed by atoms with Gasteiger partial charge in [-0.05, 0) is 39.1 Å². The van der Waals surface area contributed by atoms with Gasteiger partial charge in [-0.1, -0.05) is 64.4 Å². The molecular weight excluding hydrogens is 424 g/mol. The molecule has 2 aromatic carbocycles. The number of rotatable bonds is 8. The Balaban J connectivity index is 0.000000456. The molecule has 0 radical (unpaired) electrons. The van der Waals surface area contributed by atoms with Crippen LogP contribution < -0.4 is 10.4 Å². The van der Waals surface area contributed by atoms with Crippen LogP contribution in [-0.4, -0.2) is 44.9 Å². The standard InChI is InChI=1S/C12H11ClSi.2C5H8O3/c13-10-6-8-12(9-7-10)14-11-4-2-1-3-5-11;2*1-3-8-4(2)5(6)7/h1-9H,14H2;2*2-3H2,1H3,(H,6,7). The van der Waals surface area contributed by atoms with Crippen molar-refractivity contribution in [1.29, 1.82) is 0 Å². The molecule has 2 aromatic rings. The summed E-state index contributed by atoms with van der Waals surface area (Å²) in [4.78, 5) is 19.7. The molecule has 2 rings (SSSR count). The number of halogens is 1. The van der Waals surface area contributed by atoms with Crippen molar-refractivity contribution in [3.8, 4) is 0 Å². The second-order valence-corrected chi connectivity index (χ2v) is 8.03. The summed E-state index contributed by atoms with van der Waals surface area (Å²) in [6.07, 6.45) is 0. The van der Waals surface area contributed by atoms with Crippen LogP contribution in [0, 0.1) is 0 Å². The van der Waals surface area contributed by atoms with E-state index in [1.54, 1.807) is 13.8 Å². The molecule has 0 aliphatic rings. The molecule has 0 fully saturated rings. The van der Waals surface area contributed by atoms with E-state index in [0.717, 1.165) is 5.02 Å². The monoisotopic (exact) mass is 450 g/mol. The lowest BCUT2D eigenvalue weighted by molar-refractivity contribution is -0.137. The fourth-order valence-corrected chi connectivity index (χ4v) is 3.48. The van der Waals surface area contributed by atoms with Gasteiger partial charge in [0.2, 0.25) is 0 Å². The zero-order chi connectivity index (χ0) is 22.9. The molecule has 0 saturated heterocycles. The maximum absolute atomic E-state index is 9.86. The quantitative estimate of drug-likeness (QED) is 0.365. The summed E-state index contributed by atoms with van der Waals surface area (Å²) in [5.41, 5.74) is 0. The Morgan fingerprint density at radius 1 is 0.833 bits per heavy atom. The molecular formula is C22H27ClO6Si. The summed E-state index contributed by atoms with van der Waals surface area (Å²) in [6.45, 7) is 10.4. The zero-order valence-electron chi connectivity index (χ0n) is 17.1. The van der Waals surface area contributed by atoms with Crippen LogP contribution in [0.5, 0.6) is 0 Å². The predicted octanol–water partition coefficient (Wildman–Crippen LogP) is 2.70. The predicted molar refractivity (Wildman–Crippen MR) is 123 cm³/mol. The third-order valence-electron chi connectivity index (χ3n) is 3.28. The van der Waals surface area contributed by atoms with Crippen LogP contribution in [0.15, 0.2) is 79.3 Å². The highest BCUT2D eigenvalue weighted by atomic mass is 35.5. The molecule has 0 atom stereocenters. The average Bonchev–Trinajstić information content (AvgIpc) is 2.72. The van der Waals surface area contributed by atoms with E-state index in [0.29, 0.717) is 13.2 Å². The lowest BCUT2D eigenvalue weighted by Gasteiger charge is -2.00. The molecule has 0 heterocycles. The zero-order valence-corrected chi connectivity index (χ0v) is 19.3. The second kappa shape index (κ2) is 15.8. The van der Waals surface area contributed by atoms with Crippen LogP contribution in [0.4, 0.5) is 0 Å². The Morgan fingerprint density at radius 2 is 1.23 bits per heavy atom. The molecule has 0 aliphatic heterocycles. The molecule has 2 N–H and O–H groups in total. The topological polar surface area (TPSA) is 93.1 Å². The van der Waals surface area contributed by atoms with Crippen molar-refractivity contribution in [3.05, 3.63) is 84.3 Å². The van der Waals surface area contributed by atoms with Crippen LogP contribution in [0.3, 0.4) is 0 Å². The fraction of sp³-hybridized carbons (Fsp3) is 0.182. The summed E-state index contributed by atoms with van der Waals surface area (Å²) in [6, 6.07) is 18.8. The van der Waals surface area contributed by atoms with Gasteiger partial charge in [-0.3, -0.25) is 0 Å². The number of benzene rings is 2. The molecule has 0 aliphatic carbocycles. The number of carboxylic acids is 2. The molecule has 0 aromatic heterocycles. The normalized spacial score (nSPS) is 9.43. The first-order valence-electron chi connectivity index (χ1n) is 9.09. The SMILES string of the molecule is C=C(OCC)C(=O)O.C=C(OCC)C(=O)O.Clc1ccc([SiH2]c2ccccc2)cc1. The Labute approximate surface area is 184 Å². The Morgan fingerprint density at radius 3 is 1.57 bits per heavy atom. The van der Waals surface area contributed by atoms with Crippen LogP contribution in [-0.2, 0) is 19.1 Å². The lowest BCUT2D eigenvalue weighted by atomic mass is 10.4. The third-order valence-corrected chi connectivity index (χ3v) is 5.29. The van der Waals surface area contributed by atoms with E-state index in [9.17, 15) is 9.59 Å². The van der Waals surface area contributed by atoms with Gasteiger partial charge in [0.25, 0.3) is 0 Å². The van der Waals surface area contributed by atoms with Gasteiger partial charge in [0.05, 0.1) is 22.7 Å². The van der Waals surface area contributed by atoms with Gasteiger partial charge in [-0.2, -0.15) is 0 Å². The number of hydrogen-bond donors (Lipinski definition) is 2. The third kappa shape index (κ3) is 13.2. The maximum Gasteiger partial charge on any atom is 0.370 e. The molecule has 6 nitrogen and oxygen atoms in total. The van der Waals surface area contributed by atoms with Crippen molar-refractivity contribution >= 4 is 43.4 Å². The first-order valence-corrected chi connectivity index (χ1v) is 10.9. The van der Waals surface area contributed by atoms with Crippen molar-refractivity contribution in [2.45, 2.75) is 13.8 Å². The highest BCUT2D eigenvalue weighted by molar-refractivity contribution is 6.67. The van der Waals surface area contributed by atoms with E-state index in [4.69, 9.17) is 21.8 Å². The van der Waals surface area contributed by atoms with Crippen molar-refractivity contribution < 1.29 is 29.3 Å². The first kappa shape index (κ1) is 27.0. The minimum Gasteiger partial charge on any atom is -0.487 e. The number of hydrogen-bond acceptors (Lipinski definition) is 4. The Kier molecular flexibility index (Phi) is 14.2. The van der Waals surface area contributed by atoms with Crippen LogP contribution in [0.25, 0.3) is 0 Å². The van der Waals surface area contributed by atoms with Gasteiger partial charge in [0, 0.05) is 5.02 Å². The minimum atomic E-state index is -1.10. The van der Waals surface area contributed by atoms with E-state index in [-0.39, 0.29) is 21.0 Å². The molecule has 8 heteroatoms. The molecule has 0 amide bonds. The average molecular weight is 451 g/mol. The van der Waals surface area contributed by atoms with Crippen molar-refractivity contribution in [3.63, 3.8) is 0 Å². The smallest absolute Gasteiger partial charge is 0.370 e. The van der Waals surface area contributed by atoms with Crippen molar-refractivity contribution in [2.75, 3.05) is 13.2 Å². The molecule has 0 unspecified atom stereocenters. The summed E-state index contributed by atoms with van der Waals surface area (Å²) >= 11 is 5.83. The lowest BCUT2D eigenvalue weighted by Crippen LogP contribution is -2.26. The molecule has 162 valence electrons. The van der Waals surface area contributed by atoms with Gasteiger partial charge < -0.3 is 19.7 Å². The molecule has 30 heavy (non-hydrogen) atoms. The summed E-state index contributed by atoms with van der Waals surface area (Å²) < 4.78 is 9.02. The van der Waals surface area contributed by atoms with Gasteiger partial charge in [0.1, 0.15) is 0 Å². The van der Waals surface area contributed by atoms with Crippen LogP contribution in [0.1, 0.15) is 13.8 Å². The van der Waals surface area contributed by atoms with Gasteiger partial charge in [-0.15, -0.1) is 0 Å². The summed E-state index contributed by atoms with van der Waals surface area (Å²) in [7, 11) is -0.309. The minimum absolute atomic E-state index is 0.201. The number of aliphatic carboxylic acids is 2. The number of ether oxygens (including phenoxy) is 2. The molecule has 0 spiro atoms. The van der Waals surface area contributed by atoms with E-state index >= 15 is 0 Å². The maximum atomic E-state index is 9.86. The second-order valence-electron chi connectivity index (χ2n) is 5.61. The van der Waals surface area contributed by atoms with E-state index in [1.165, 1.54) is 10.4 Å². The van der Waals surface area contributed by atoms with Crippen LogP contribution >= 0.6 is 11.6 Å². The van der Waals surface area contributed by atoms with Gasteiger partial charge >= 0.3 is 11.9 Å². The van der Waals surface area contributed by atoms with Gasteiger partial charge in [0.15, 0.2) is 11.5 Å². The molecule has 0 saturated carbocycles. The number of carboxylic acid groups (broad SMARTS) is 2. The van der Waals surface area contributed by atoms with Crippen molar-refractivity contribution in [2.24, 2.45) is 0 Å². The summed E-state index contributed by atoms with van der Waals surface area (Å²) in [5, 5.41) is 19.9.